The topological polar surface area (TPSA) is 17.1 Å². The Morgan fingerprint density at radius 1 is 1.56 bits per heavy atom. The van der Waals surface area contributed by atoms with Crippen LogP contribution < -0.4 is 0 Å². The molecule has 0 radical (unpaired) electrons. The summed E-state index contributed by atoms with van der Waals surface area (Å²) in [6.45, 7) is 0.560. The van der Waals surface area contributed by atoms with Gasteiger partial charge in [-0.1, -0.05) is 31.9 Å². The van der Waals surface area contributed by atoms with Gasteiger partial charge in [-0.05, 0) is 0 Å². The molecule has 0 aromatic heterocycles. The van der Waals surface area contributed by atoms with Crippen molar-refractivity contribution in [2.45, 2.75) is 16.6 Å². The molecule has 0 amide bonds. The van der Waals surface area contributed by atoms with E-state index < -0.39 is 15.4 Å². The minimum atomic E-state index is -3.25. The average molecular weight is 266 g/mol. The van der Waals surface area contributed by atoms with Gasteiger partial charge in [-0.3, -0.25) is 4.79 Å². The van der Waals surface area contributed by atoms with Crippen molar-refractivity contribution in [2.75, 3.05) is 0 Å². The molecule has 0 atom stereocenters. The molecule has 1 nitrogen and oxygen atoms in total. The highest BCUT2D eigenvalue weighted by Crippen LogP contribution is 2.22. The molecule has 0 rings (SSSR count). The first-order chi connectivity index (χ1) is 3.85. The Morgan fingerprint density at radius 2 is 1.89 bits per heavy atom. The van der Waals surface area contributed by atoms with E-state index in [0.29, 0.717) is 6.92 Å². The van der Waals surface area contributed by atoms with Gasteiger partial charge in [-0.25, -0.2) is 0 Å². The van der Waals surface area contributed by atoms with Gasteiger partial charge in [-0.2, -0.15) is 8.78 Å². The average Bonchev–Trinajstić information content (AvgIpc) is 1.62. The van der Waals surface area contributed by atoms with Gasteiger partial charge in [0, 0.05) is 6.92 Å². The smallest absolute Gasteiger partial charge is 0.291 e. The lowest BCUT2D eigenvalue weighted by atomic mass is 10.3. The second kappa shape index (κ2) is 3.05. The van der Waals surface area contributed by atoms with Crippen molar-refractivity contribution in [3.05, 3.63) is 0 Å². The zero-order valence-corrected chi connectivity index (χ0v) is 7.67. The fourth-order valence-corrected chi connectivity index (χ4v) is 0.996. The third kappa shape index (κ3) is 3.25. The summed E-state index contributed by atoms with van der Waals surface area (Å²) >= 11 is 5.33. The van der Waals surface area contributed by atoms with E-state index in [2.05, 4.69) is 31.9 Å². The van der Waals surface area contributed by atoms with Crippen molar-refractivity contribution >= 4 is 37.6 Å². The summed E-state index contributed by atoms with van der Waals surface area (Å²) in [6, 6.07) is 0. The summed E-state index contributed by atoms with van der Waals surface area (Å²) in [5.41, 5.74) is 0. The summed E-state index contributed by atoms with van der Waals surface area (Å²) in [7, 11) is 0. The van der Waals surface area contributed by atoms with Gasteiger partial charge < -0.3 is 0 Å². The summed E-state index contributed by atoms with van der Waals surface area (Å²) < 4.78 is 23.0. The summed E-state index contributed by atoms with van der Waals surface area (Å²) in [5, 5.41) is 0. The third-order valence-corrected chi connectivity index (χ3v) is 1.46. The quantitative estimate of drug-likeness (QED) is 0.701. The molecule has 54 valence electrons. The molecule has 0 aliphatic rings. The van der Waals surface area contributed by atoms with Crippen LogP contribution in [0.1, 0.15) is 6.92 Å². The molecule has 0 aromatic carbocycles. The third-order valence-electron chi connectivity index (χ3n) is 0.631. The lowest BCUT2D eigenvalue weighted by molar-refractivity contribution is -0.138. The Balaban J connectivity index is 4.06. The van der Waals surface area contributed by atoms with Crippen molar-refractivity contribution in [1.29, 1.82) is 0 Å². The SMILES string of the molecule is CC(F)(F)C(=O)C(Br)Br. The van der Waals surface area contributed by atoms with Gasteiger partial charge in [0.15, 0.2) is 0 Å². The van der Waals surface area contributed by atoms with E-state index in [-0.39, 0.29) is 0 Å². The normalized spacial score (nSPS) is 12.2. The van der Waals surface area contributed by atoms with Gasteiger partial charge in [0.1, 0.15) is 3.74 Å². The molecule has 0 saturated carbocycles. The van der Waals surface area contributed by atoms with Crippen molar-refractivity contribution in [2.24, 2.45) is 0 Å². The maximum absolute atomic E-state index is 12.0. The van der Waals surface area contributed by atoms with E-state index >= 15 is 0 Å². The highest BCUT2D eigenvalue weighted by atomic mass is 79.9. The number of alkyl halides is 4. The number of carbonyl (C=O) groups is 1. The van der Waals surface area contributed by atoms with E-state index in [9.17, 15) is 13.6 Å². The highest BCUT2D eigenvalue weighted by molar-refractivity contribution is 9.25. The Kier molecular flexibility index (Phi) is 3.22. The van der Waals surface area contributed by atoms with Gasteiger partial charge >= 0.3 is 5.92 Å². The molecule has 0 unspecified atom stereocenters. The highest BCUT2D eigenvalue weighted by Gasteiger charge is 2.35. The fourth-order valence-electron chi connectivity index (χ4n) is 0.192. The maximum atomic E-state index is 12.0. The first-order valence-electron chi connectivity index (χ1n) is 2.06. The standard InChI is InChI=1S/C4H4Br2F2O/c1-4(7,8)2(9)3(5)6/h3H,1H3. The molecule has 0 saturated heterocycles. The number of hydrogen-bond acceptors (Lipinski definition) is 1. The first kappa shape index (κ1) is 9.49. The fraction of sp³-hybridized carbons (Fsp3) is 0.750. The Morgan fingerprint density at radius 3 is 1.89 bits per heavy atom. The zero-order valence-electron chi connectivity index (χ0n) is 4.50. The first-order valence-corrected chi connectivity index (χ1v) is 3.89. The van der Waals surface area contributed by atoms with E-state index in [1.807, 2.05) is 0 Å². The number of Topliss-reactive ketones (excluding diaryl/α,β-unsaturated/α-hetero) is 1. The van der Waals surface area contributed by atoms with Crippen LogP contribution in [0.25, 0.3) is 0 Å². The molecule has 0 aliphatic heterocycles. The van der Waals surface area contributed by atoms with E-state index in [4.69, 9.17) is 0 Å². The van der Waals surface area contributed by atoms with Crippen LogP contribution in [0.3, 0.4) is 0 Å². The van der Waals surface area contributed by atoms with Crippen LogP contribution >= 0.6 is 31.9 Å². The molecule has 0 spiro atoms. The predicted octanol–water partition coefficient (Wildman–Crippen LogP) is 2.33. The number of carbonyl (C=O) groups excluding carboxylic acids is 1. The van der Waals surface area contributed by atoms with Crippen LogP contribution in [0.4, 0.5) is 8.78 Å². The van der Waals surface area contributed by atoms with Crippen molar-refractivity contribution in [1.82, 2.24) is 0 Å². The lowest BCUT2D eigenvalue weighted by Gasteiger charge is -2.07. The number of ketones is 1. The summed E-state index contributed by atoms with van der Waals surface area (Å²) in [6.07, 6.45) is 0. The predicted molar refractivity (Wildman–Crippen MR) is 37.3 cm³/mol. The minimum Gasteiger partial charge on any atom is -0.291 e. The molecular weight excluding hydrogens is 262 g/mol. The van der Waals surface area contributed by atoms with Crippen LogP contribution in [-0.2, 0) is 4.79 Å². The summed E-state index contributed by atoms with van der Waals surface area (Å²) in [4.78, 5) is 10.3. The molecule has 0 fully saturated rings. The monoisotopic (exact) mass is 264 g/mol. The number of rotatable bonds is 2. The largest absolute Gasteiger partial charge is 0.304 e. The molecule has 0 heterocycles. The number of halogens is 4. The van der Waals surface area contributed by atoms with Crippen LogP contribution in [0.5, 0.6) is 0 Å². The Hall–Kier alpha value is 0.490. The minimum absolute atomic E-state index is 0.560. The van der Waals surface area contributed by atoms with E-state index in [1.165, 1.54) is 0 Å². The molecule has 5 heteroatoms. The van der Waals surface area contributed by atoms with Gasteiger partial charge in [0.25, 0.3) is 0 Å². The molecule has 0 aromatic rings. The van der Waals surface area contributed by atoms with Crippen LogP contribution in [0, 0.1) is 0 Å². The summed E-state index contributed by atoms with van der Waals surface area (Å²) in [5.74, 6) is -4.42. The van der Waals surface area contributed by atoms with Gasteiger partial charge in [0.05, 0.1) is 0 Å². The molecule has 0 bridgehead atoms. The Labute approximate surface area is 68.1 Å². The second-order valence-electron chi connectivity index (χ2n) is 1.55. The van der Waals surface area contributed by atoms with Crippen LogP contribution in [-0.4, -0.2) is 15.4 Å². The molecule has 0 N–H and O–H groups in total. The second-order valence-corrected chi connectivity index (χ2v) is 4.61. The van der Waals surface area contributed by atoms with E-state index in [1.54, 1.807) is 0 Å². The Bertz CT molecular complexity index is 118. The van der Waals surface area contributed by atoms with Crippen LogP contribution in [0.2, 0.25) is 0 Å². The van der Waals surface area contributed by atoms with E-state index in [0.717, 1.165) is 0 Å². The zero-order chi connectivity index (χ0) is 7.65. The maximum Gasteiger partial charge on any atom is 0.304 e. The molecular formula is C4H4Br2F2O. The van der Waals surface area contributed by atoms with Crippen molar-refractivity contribution < 1.29 is 13.6 Å². The molecule has 9 heavy (non-hydrogen) atoms. The van der Waals surface area contributed by atoms with Gasteiger partial charge in [0.2, 0.25) is 5.78 Å². The number of hydrogen-bond donors (Lipinski definition) is 0. The van der Waals surface area contributed by atoms with Gasteiger partial charge in [-0.15, -0.1) is 0 Å². The molecule has 0 aliphatic carbocycles. The van der Waals surface area contributed by atoms with Crippen molar-refractivity contribution in [3.8, 4) is 0 Å². The lowest BCUT2D eigenvalue weighted by Crippen LogP contribution is -2.28. The van der Waals surface area contributed by atoms with Crippen molar-refractivity contribution in [3.63, 3.8) is 0 Å². The van der Waals surface area contributed by atoms with Crippen LogP contribution in [0.15, 0.2) is 0 Å².